The fourth-order valence-corrected chi connectivity index (χ4v) is 1.26. The SMILES string of the molecule is Cn1[c-]c(-c2[c-]cc(C#N)cc2)cc1. The zero-order valence-corrected chi connectivity index (χ0v) is 7.78. The molecule has 14 heavy (non-hydrogen) atoms. The second kappa shape index (κ2) is 3.39. The Morgan fingerprint density at radius 1 is 1.29 bits per heavy atom. The third kappa shape index (κ3) is 1.53. The summed E-state index contributed by atoms with van der Waals surface area (Å²) in [6, 6.07) is 12.4. The molecule has 0 radical (unpaired) electrons. The summed E-state index contributed by atoms with van der Waals surface area (Å²) in [7, 11) is 1.92. The molecule has 0 N–H and O–H groups in total. The normalized spacial score (nSPS) is 9.71. The maximum atomic E-state index is 8.62. The molecule has 0 aliphatic heterocycles. The Hall–Kier alpha value is -2.01. The number of rotatable bonds is 1. The van der Waals surface area contributed by atoms with Crippen molar-refractivity contribution in [1.29, 1.82) is 5.26 Å². The topological polar surface area (TPSA) is 28.7 Å². The van der Waals surface area contributed by atoms with Crippen molar-refractivity contribution in [3.05, 3.63) is 48.3 Å². The zero-order chi connectivity index (χ0) is 9.97. The summed E-state index contributed by atoms with van der Waals surface area (Å²) >= 11 is 0. The van der Waals surface area contributed by atoms with Gasteiger partial charge in [0, 0.05) is 6.07 Å². The highest BCUT2D eigenvalue weighted by Crippen LogP contribution is 2.18. The maximum Gasteiger partial charge on any atom is 0.0476 e. The highest BCUT2D eigenvalue weighted by molar-refractivity contribution is 5.62. The van der Waals surface area contributed by atoms with Gasteiger partial charge in [0.1, 0.15) is 0 Å². The van der Waals surface area contributed by atoms with Crippen LogP contribution in [0.1, 0.15) is 5.56 Å². The molecular formula is C12H8N2-2. The van der Waals surface area contributed by atoms with Gasteiger partial charge >= 0.3 is 0 Å². The lowest BCUT2D eigenvalue weighted by molar-refractivity contribution is 0.920. The van der Waals surface area contributed by atoms with Gasteiger partial charge in [-0.25, -0.2) is 22.5 Å². The largest absolute Gasteiger partial charge is 0.452 e. The van der Waals surface area contributed by atoms with Crippen LogP contribution in [0.3, 0.4) is 0 Å². The molecule has 0 fully saturated rings. The van der Waals surface area contributed by atoms with Crippen LogP contribution in [-0.4, -0.2) is 4.57 Å². The van der Waals surface area contributed by atoms with Crippen molar-refractivity contribution in [2.75, 3.05) is 0 Å². The van der Waals surface area contributed by atoms with Gasteiger partial charge in [-0.1, -0.05) is 0 Å². The van der Waals surface area contributed by atoms with Crippen LogP contribution in [0, 0.1) is 23.6 Å². The van der Waals surface area contributed by atoms with Gasteiger partial charge in [0.05, 0.1) is 0 Å². The Kier molecular flexibility index (Phi) is 2.08. The summed E-state index contributed by atoms with van der Waals surface area (Å²) in [6.45, 7) is 0. The molecule has 2 heteroatoms. The van der Waals surface area contributed by atoms with E-state index in [0.717, 1.165) is 11.1 Å². The lowest BCUT2D eigenvalue weighted by atomic mass is 10.1. The van der Waals surface area contributed by atoms with Crippen LogP contribution < -0.4 is 0 Å². The minimum absolute atomic E-state index is 0.629. The van der Waals surface area contributed by atoms with E-state index in [1.165, 1.54) is 0 Å². The molecule has 2 aromatic rings. The van der Waals surface area contributed by atoms with Gasteiger partial charge in [0.15, 0.2) is 0 Å². The van der Waals surface area contributed by atoms with Crippen molar-refractivity contribution < 1.29 is 0 Å². The van der Waals surface area contributed by atoms with E-state index in [2.05, 4.69) is 18.3 Å². The lowest BCUT2D eigenvalue weighted by Gasteiger charge is -2.12. The number of hydrogen-bond donors (Lipinski definition) is 0. The van der Waals surface area contributed by atoms with E-state index in [1.807, 2.05) is 29.9 Å². The second-order valence-corrected chi connectivity index (χ2v) is 3.05. The summed E-state index contributed by atoms with van der Waals surface area (Å²) in [5, 5.41) is 8.62. The van der Waals surface area contributed by atoms with E-state index >= 15 is 0 Å². The van der Waals surface area contributed by atoms with E-state index in [-0.39, 0.29) is 0 Å². The molecule has 0 aliphatic carbocycles. The monoisotopic (exact) mass is 180 g/mol. The second-order valence-electron chi connectivity index (χ2n) is 3.05. The Labute approximate surface area is 83.0 Å². The van der Waals surface area contributed by atoms with Crippen molar-refractivity contribution in [3.8, 4) is 17.2 Å². The van der Waals surface area contributed by atoms with E-state index < -0.39 is 0 Å². The van der Waals surface area contributed by atoms with Crippen LogP contribution in [0.15, 0.2) is 30.5 Å². The molecule has 0 amide bonds. The van der Waals surface area contributed by atoms with E-state index in [0.29, 0.717) is 5.56 Å². The lowest BCUT2D eigenvalue weighted by Crippen LogP contribution is -1.80. The number of hydrogen-bond acceptors (Lipinski definition) is 1. The van der Waals surface area contributed by atoms with E-state index in [9.17, 15) is 0 Å². The summed E-state index contributed by atoms with van der Waals surface area (Å²) in [6.07, 6.45) is 5.06. The molecule has 2 nitrogen and oxygen atoms in total. The third-order valence-electron chi connectivity index (χ3n) is 1.99. The minimum atomic E-state index is 0.629. The average Bonchev–Trinajstić information content (AvgIpc) is 2.65. The van der Waals surface area contributed by atoms with Gasteiger partial charge in [-0.3, -0.25) is 0 Å². The average molecular weight is 180 g/mol. The summed E-state index contributed by atoms with van der Waals surface area (Å²) < 4.78 is 1.86. The van der Waals surface area contributed by atoms with Gasteiger partial charge in [0.25, 0.3) is 0 Å². The number of nitriles is 1. The number of aryl methyl sites for hydroxylation is 1. The molecule has 0 saturated heterocycles. The number of benzene rings is 1. The van der Waals surface area contributed by atoms with Crippen LogP contribution in [0.5, 0.6) is 0 Å². The molecule has 68 valence electrons. The predicted octanol–water partition coefficient (Wildman–Crippen LogP) is 2.16. The van der Waals surface area contributed by atoms with E-state index in [1.54, 1.807) is 12.1 Å². The molecular weight excluding hydrogens is 172 g/mol. The molecule has 1 aromatic heterocycles. The van der Waals surface area contributed by atoms with Gasteiger partial charge in [-0.2, -0.15) is 12.1 Å². The first-order valence-corrected chi connectivity index (χ1v) is 4.26. The molecule has 1 aromatic carbocycles. The van der Waals surface area contributed by atoms with Crippen LogP contribution in [0.2, 0.25) is 0 Å². The van der Waals surface area contributed by atoms with Crippen molar-refractivity contribution in [1.82, 2.24) is 4.57 Å². The van der Waals surface area contributed by atoms with Crippen LogP contribution in [0.25, 0.3) is 11.1 Å². The Morgan fingerprint density at radius 2 is 2.14 bits per heavy atom. The van der Waals surface area contributed by atoms with Gasteiger partial charge in [-0.15, -0.1) is 24.5 Å². The smallest absolute Gasteiger partial charge is 0.0476 e. The summed E-state index contributed by atoms with van der Waals surface area (Å²) in [4.78, 5) is 0. The fourth-order valence-electron chi connectivity index (χ4n) is 1.26. The van der Waals surface area contributed by atoms with E-state index in [4.69, 9.17) is 5.26 Å². The molecule has 0 atom stereocenters. The Balaban J connectivity index is 2.39. The Morgan fingerprint density at radius 3 is 2.64 bits per heavy atom. The molecule has 0 bridgehead atoms. The summed E-state index contributed by atoms with van der Waals surface area (Å²) in [5.41, 5.74) is 2.59. The van der Waals surface area contributed by atoms with Crippen LogP contribution in [0.4, 0.5) is 0 Å². The standard InChI is InChI=1S/C12H8N2/c1-14-7-6-12(9-14)11-4-2-10(8-13)3-5-11/h2-4,6-7H,1H3/q-2. The number of aromatic nitrogens is 1. The van der Waals surface area contributed by atoms with Crippen molar-refractivity contribution in [2.45, 2.75) is 0 Å². The van der Waals surface area contributed by atoms with Crippen molar-refractivity contribution in [2.24, 2.45) is 7.05 Å². The molecule has 2 rings (SSSR count). The van der Waals surface area contributed by atoms with Crippen molar-refractivity contribution >= 4 is 0 Å². The molecule has 0 saturated carbocycles. The molecule has 0 unspecified atom stereocenters. The Bertz CT molecular complexity index is 472. The van der Waals surface area contributed by atoms with Crippen LogP contribution >= 0.6 is 0 Å². The maximum absolute atomic E-state index is 8.62. The first-order valence-electron chi connectivity index (χ1n) is 4.26. The van der Waals surface area contributed by atoms with Gasteiger partial charge in [0.2, 0.25) is 0 Å². The van der Waals surface area contributed by atoms with Gasteiger partial charge in [-0.05, 0) is 12.6 Å². The summed E-state index contributed by atoms with van der Waals surface area (Å²) in [5.74, 6) is 0. The highest BCUT2D eigenvalue weighted by atomic mass is 14.9. The predicted molar refractivity (Wildman–Crippen MR) is 53.2 cm³/mol. The van der Waals surface area contributed by atoms with Gasteiger partial charge < -0.3 is 4.57 Å². The van der Waals surface area contributed by atoms with Crippen LogP contribution in [-0.2, 0) is 7.05 Å². The first kappa shape index (κ1) is 8.58. The fraction of sp³-hybridized carbons (Fsp3) is 0.0833. The number of nitrogens with zero attached hydrogens (tertiary/aromatic N) is 2. The highest BCUT2D eigenvalue weighted by Gasteiger charge is 1.83. The quantitative estimate of drug-likeness (QED) is 0.618. The third-order valence-corrected chi connectivity index (χ3v) is 1.99. The molecule has 0 spiro atoms. The minimum Gasteiger partial charge on any atom is -0.452 e. The first-order chi connectivity index (χ1) is 6.79. The van der Waals surface area contributed by atoms with Crippen molar-refractivity contribution in [3.63, 3.8) is 0 Å². The molecule has 0 aliphatic rings. The molecule has 1 heterocycles. The zero-order valence-electron chi connectivity index (χ0n) is 7.78.